The van der Waals surface area contributed by atoms with Crippen LogP contribution in [0.1, 0.15) is 16.1 Å². The van der Waals surface area contributed by atoms with Crippen molar-refractivity contribution >= 4 is 11.9 Å². The molecular weight excluding hydrogens is 286 g/mol. The molecule has 0 unspecified atom stereocenters. The number of nitrogens with one attached hydrogen (secondary N) is 1. The number of carbonyl (C=O) groups excluding carboxylic acids is 1. The van der Waals surface area contributed by atoms with Gasteiger partial charge < -0.3 is 10.4 Å². The van der Waals surface area contributed by atoms with E-state index in [2.05, 4.69) is 15.6 Å². The second-order valence-electron chi connectivity index (χ2n) is 4.13. The monoisotopic (exact) mass is 296 g/mol. The molecule has 0 fully saturated rings. The molecule has 0 radical (unpaired) electrons. The molecule has 0 spiro atoms. The number of carbonyl (C=O) groups is 2. The molecule has 0 saturated heterocycles. The lowest BCUT2D eigenvalue weighted by atomic mass is 10.2. The maximum Gasteiger partial charge on any atom is 0.325 e. The van der Waals surface area contributed by atoms with Gasteiger partial charge in [-0.15, -0.1) is 5.10 Å². The molecule has 0 atom stereocenters. The molecule has 1 heterocycles. The highest BCUT2D eigenvalue weighted by molar-refractivity contribution is 5.91. The lowest BCUT2D eigenvalue weighted by Gasteiger charge is -2.03. The lowest BCUT2D eigenvalue weighted by molar-refractivity contribution is -0.137. The number of carboxylic acids is 1. The molecule has 21 heavy (non-hydrogen) atoms. The highest BCUT2D eigenvalue weighted by Gasteiger charge is 2.12. The van der Waals surface area contributed by atoms with E-state index >= 15 is 0 Å². The van der Waals surface area contributed by atoms with Crippen LogP contribution in [0.4, 0.5) is 8.78 Å². The van der Waals surface area contributed by atoms with Crippen molar-refractivity contribution < 1.29 is 23.5 Å². The van der Waals surface area contributed by atoms with Gasteiger partial charge in [-0.3, -0.25) is 9.59 Å². The van der Waals surface area contributed by atoms with E-state index in [0.29, 0.717) is 5.56 Å². The molecule has 2 rings (SSSR count). The molecule has 0 aliphatic rings. The number of aliphatic carboxylic acids is 1. The van der Waals surface area contributed by atoms with Crippen LogP contribution in [0.25, 0.3) is 0 Å². The normalized spacial score (nSPS) is 10.4. The maximum atomic E-state index is 13.0. The van der Waals surface area contributed by atoms with Crippen LogP contribution in [0.15, 0.2) is 24.4 Å². The van der Waals surface area contributed by atoms with Crippen molar-refractivity contribution in [3.63, 3.8) is 0 Å². The molecule has 9 heteroatoms. The van der Waals surface area contributed by atoms with Crippen LogP contribution >= 0.6 is 0 Å². The summed E-state index contributed by atoms with van der Waals surface area (Å²) in [5.41, 5.74) is 0.305. The van der Waals surface area contributed by atoms with Gasteiger partial charge in [0.2, 0.25) is 0 Å². The second-order valence-corrected chi connectivity index (χ2v) is 4.13. The van der Waals surface area contributed by atoms with E-state index in [1.165, 1.54) is 12.3 Å². The SMILES string of the molecule is O=C(O)Cn1cc(C(=O)NCc2ccc(F)c(F)c2)nn1. The number of hydrogen-bond acceptors (Lipinski definition) is 4. The van der Waals surface area contributed by atoms with Gasteiger partial charge in [0.15, 0.2) is 17.3 Å². The van der Waals surface area contributed by atoms with Crippen molar-refractivity contribution in [3.8, 4) is 0 Å². The minimum atomic E-state index is -1.12. The van der Waals surface area contributed by atoms with Gasteiger partial charge in [0, 0.05) is 6.54 Å². The van der Waals surface area contributed by atoms with Crippen LogP contribution in [0.5, 0.6) is 0 Å². The number of benzene rings is 1. The first-order valence-corrected chi connectivity index (χ1v) is 5.80. The van der Waals surface area contributed by atoms with Crippen LogP contribution in [-0.4, -0.2) is 32.0 Å². The Morgan fingerprint density at radius 1 is 1.29 bits per heavy atom. The smallest absolute Gasteiger partial charge is 0.325 e. The molecule has 7 nitrogen and oxygen atoms in total. The molecule has 1 aromatic carbocycles. The zero-order valence-electron chi connectivity index (χ0n) is 10.6. The van der Waals surface area contributed by atoms with Gasteiger partial charge >= 0.3 is 5.97 Å². The van der Waals surface area contributed by atoms with E-state index in [-0.39, 0.29) is 12.2 Å². The second kappa shape index (κ2) is 6.07. The van der Waals surface area contributed by atoms with E-state index in [9.17, 15) is 18.4 Å². The summed E-state index contributed by atoms with van der Waals surface area (Å²) in [6, 6.07) is 3.26. The van der Waals surface area contributed by atoms with E-state index in [4.69, 9.17) is 5.11 Å². The third-order valence-corrected chi connectivity index (χ3v) is 2.51. The number of carboxylic acid groups (broad SMARTS) is 1. The third kappa shape index (κ3) is 3.81. The maximum absolute atomic E-state index is 13.0. The van der Waals surface area contributed by atoms with Crippen LogP contribution in [-0.2, 0) is 17.9 Å². The summed E-state index contributed by atoms with van der Waals surface area (Å²) in [4.78, 5) is 22.2. The summed E-state index contributed by atoms with van der Waals surface area (Å²) in [6.07, 6.45) is 1.18. The molecule has 2 aromatic rings. The zero-order valence-corrected chi connectivity index (χ0v) is 10.6. The summed E-state index contributed by atoms with van der Waals surface area (Å²) in [5.74, 6) is -3.69. The van der Waals surface area contributed by atoms with Crippen LogP contribution in [0.3, 0.4) is 0 Å². The predicted molar refractivity (Wildman–Crippen MR) is 65.2 cm³/mol. The standard InChI is InChI=1S/C12H10F2N4O3/c13-8-2-1-7(3-9(8)14)4-15-12(21)10-5-18(17-16-10)6-11(19)20/h1-3,5H,4,6H2,(H,15,21)(H,19,20). The molecule has 2 N–H and O–H groups in total. The highest BCUT2D eigenvalue weighted by atomic mass is 19.2. The molecule has 0 bridgehead atoms. The lowest BCUT2D eigenvalue weighted by Crippen LogP contribution is -2.23. The zero-order chi connectivity index (χ0) is 15.4. The number of rotatable bonds is 5. The Kier molecular flexibility index (Phi) is 4.21. The number of nitrogens with zero attached hydrogens (tertiary/aromatic N) is 3. The van der Waals surface area contributed by atoms with Crippen molar-refractivity contribution in [1.82, 2.24) is 20.3 Å². The Bertz CT molecular complexity index is 687. The number of hydrogen-bond donors (Lipinski definition) is 2. The number of amides is 1. The third-order valence-electron chi connectivity index (χ3n) is 2.51. The van der Waals surface area contributed by atoms with Gasteiger partial charge in [-0.2, -0.15) is 0 Å². The van der Waals surface area contributed by atoms with Gasteiger partial charge in [0.25, 0.3) is 5.91 Å². The Labute approximate surface area is 117 Å². The van der Waals surface area contributed by atoms with Crippen molar-refractivity contribution in [3.05, 3.63) is 47.3 Å². The topological polar surface area (TPSA) is 97.1 Å². The molecule has 0 aliphatic carbocycles. The Morgan fingerprint density at radius 2 is 2.05 bits per heavy atom. The van der Waals surface area contributed by atoms with Crippen molar-refractivity contribution in [2.75, 3.05) is 0 Å². The van der Waals surface area contributed by atoms with Crippen molar-refractivity contribution in [1.29, 1.82) is 0 Å². The fourth-order valence-electron chi connectivity index (χ4n) is 1.54. The Morgan fingerprint density at radius 3 is 2.71 bits per heavy atom. The first kappa shape index (κ1) is 14.6. The largest absolute Gasteiger partial charge is 0.480 e. The highest BCUT2D eigenvalue weighted by Crippen LogP contribution is 2.08. The average Bonchev–Trinajstić information content (AvgIpc) is 2.87. The summed E-state index contributed by atoms with van der Waals surface area (Å²) in [7, 11) is 0. The predicted octanol–water partition coefficient (Wildman–Crippen LogP) is 0.571. The molecule has 0 aliphatic heterocycles. The van der Waals surface area contributed by atoms with E-state index in [1.54, 1.807) is 0 Å². The van der Waals surface area contributed by atoms with Crippen molar-refractivity contribution in [2.45, 2.75) is 13.1 Å². The van der Waals surface area contributed by atoms with Crippen LogP contribution in [0, 0.1) is 11.6 Å². The van der Waals surface area contributed by atoms with Gasteiger partial charge in [-0.1, -0.05) is 11.3 Å². The van der Waals surface area contributed by atoms with Crippen LogP contribution < -0.4 is 5.32 Å². The summed E-state index contributed by atoms with van der Waals surface area (Å²) < 4.78 is 26.7. The van der Waals surface area contributed by atoms with E-state index in [0.717, 1.165) is 16.8 Å². The van der Waals surface area contributed by atoms with Gasteiger partial charge in [0.05, 0.1) is 6.20 Å². The summed E-state index contributed by atoms with van der Waals surface area (Å²) in [5, 5.41) is 18.0. The number of halogens is 2. The fraction of sp³-hybridized carbons (Fsp3) is 0.167. The molecule has 110 valence electrons. The van der Waals surface area contributed by atoms with Gasteiger partial charge in [-0.25, -0.2) is 13.5 Å². The van der Waals surface area contributed by atoms with Crippen LogP contribution in [0.2, 0.25) is 0 Å². The number of aromatic nitrogens is 3. The molecular formula is C12H10F2N4O3. The summed E-state index contributed by atoms with van der Waals surface area (Å²) >= 11 is 0. The minimum absolute atomic E-state index is 0.0260. The van der Waals surface area contributed by atoms with Gasteiger partial charge in [0.1, 0.15) is 6.54 Å². The summed E-state index contributed by atoms with van der Waals surface area (Å²) in [6.45, 7) is -0.439. The molecule has 0 saturated carbocycles. The van der Waals surface area contributed by atoms with E-state index < -0.39 is 30.1 Å². The Balaban J connectivity index is 1.96. The Hall–Kier alpha value is -2.84. The average molecular weight is 296 g/mol. The quantitative estimate of drug-likeness (QED) is 0.840. The molecule has 1 aromatic heterocycles. The fourth-order valence-corrected chi connectivity index (χ4v) is 1.54. The van der Waals surface area contributed by atoms with Gasteiger partial charge in [-0.05, 0) is 17.7 Å². The molecule has 1 amide bonds. The van der Waals surface area contributed by atoms with E-state index in [1.807, 2.05) is 0 Å². The first-order valence-electron chi connectivity index (χ1n) is 5.80. The first-order chi connectivity index (χ1) is 9.95. The van der Waals surface area contributed by atoms with Crippen molar-refractivity contribution in [2.24, 2.45) is 0 Å². The minimum Gasteiger partial charge on any atom is -0.480 e.